The Morgan fingerprint density at radius 2 is 1.81 bits per heavy atom. The van der Waals surface area contributed by atoms with Gasteiger partial charge in [0.2, 0.25) is 5.91 Å². The molecule has 2 fully saturated rings. The molecule has 4 atom stereocenters. The molecule has 9 heteroatoms. The molecule has 2 aromatic rings. The first-order chi connectivity index (χ1) is 16.9. The van der Waals surface area contributed by atoms with Crippen molar-refractivity contribution in [2.75, 3.05) is 6.26 Å². The summed E-state index contributed by atoms with van der Waals surface area (Å²) in [6.07, 6.45) is 3.33. The first-order valence-corrected chi connectivity index (χ1v) is 14.8. The van der Waals surface area contributed by atoms with Crippen LogP contribution in [0.3, 0.4) is 0 Å². The molecular weight excluding hydrogens is 521 g/mol. The number of rotatable bonds is 9. The second-order valence-electron chi connectivity index (χ2n) is 10.3. The van der Waals surface area contributed by atoms with E-state index in [1.165, 1.54) is 6.26 Å². The third-order valence-corrected chi connectivity index (χ3v) is 10.6. The van der Waals surface area contributed by atoms with E-state index in [1.807, 2.05) is 25.1 Å². The Bertz CT molecular complexity index is 1260. The highest BCUT2D eigenvalue weighted by atomic mass is 35.5. The Balaban J connectivity index is 1.83. The minimum Gasteiger partial charge on any atom is -0.481 e. The highest BCUT2D eigenvalue weighted by molar-refractivity contribution is 7.91. The van der Waals surface area contributed by atoms with Crippen molar-refractivity contribution < 1.29 is 23.1 Å². The third kappa shape index (κ3) is 5.02. The molecule has 0 radical (unpaired) electrons. The summed E-state index contributed by atoms with van der Waals surface area (Å²) in [5, 5.41) is 13.7. The lowest BCUT2D eigenvalue weighted by molar-refractivity contribution is -0.148. The standard InChI is InChI=1S/C27H31Cl2NO5S/c1-3-26(16-24(31)32)14-22(17-5-4-6-21(29)13-17)23(30-25(26)33)15-27(18-7-8-18,36(2,34)35)19-9-11-20(28)12-10-19/h4-6,9-13,18,22-23H,3,7-8,14-16H2,1-2H3,(H,30,33)(H,31,32)/t22-,23+,26+,27+/m1/s1. The summed E-state index contributed by atoms with van der Waals surface area (Å²) in [5.74, 6) is -1.78. The van der Waals surface area contributed by atoms with Crippen molar-refractivity contribution in [3.05, 3.63) is 69.7 Å². The number of sulfone groups is 1. The van der Waals surface area contributed by atoms with Gasteiger partial charge in [0.15, 0.2) is 9.84 Å². The van der Waals surface area contributed by atoms with Crippen LogP contribution in [-0.2, 0) is 24.2 Å². The molecule has 0 aromatic heterocycles. The topological polar surface area (TPSA) is 101 Å². The van der Waals surface area contributed by atoms with Crippen molar-refractivity contribution in [1.29, 1.82) is 0 Å². The van der Waals surface area contributed by atoms with E-state index in [0.29, 0.717) is 22.0 Å². The van der Waals surface area contributed by atoms with Crippen LogP contribution in [0.15, 0.2) is 48.5 Å². The maximum Gasteiger partial charge on any atom is 0.304 e. The van der Waals surface area contributed by atoms with E-state index in [2.05, 4.69) is 5.32 Å². The number of carboxylic acid groups (broad SMARTS) is 1. The predicted octanol–water partition coefficient (Wildman–Crippen LogP) is 5.58. The number of carbonyl (C=O) groups excluding carboxylic acids is 1. The fourth-order valence-electron chi connectivity index (χ4n) is 6.03. The molecule has 2 N–H and O–H groups in total. The molecule has 1 aliphatic carbocycles. The minimum absolute atomic E-state index is 0.0810. The van der Waals surface area contributed by atoms with Crippen molar-refractivity contribution in [1.82, 2.24) is 5.32 Å². The SMILES string of the molecule is CC[C@@]1(CC(=O)O)C[C@H](c2cccc(Cl)c2)[C@H](C[C@@](c2ccc(Cl)cc2)(C2CC2)S(C)(=O)=O)NC1=O. The smallest absolute Gasteiger partial charge is 0.304 e. The molecule has 1 saturated heterocycles. The predicted molar refractivity (Wildman–Crippen MR) is 141 cm³/mol. The number of piperidine rings is 1. The zero-order chi connectivity index (χ0) is 26.3. The fraction of sp³-hybridized carbons (Fsp3) is 0.481. The average Bonchev–Trinajstić information content (AvgIpc) is 3.64. The van der Waals surface area contributed by atoms with Crippen molar-refractivity contribution in [3.8, 4) is 0 Å². The van der Waals surface area contributed by atoms with E-state index in [0.717, 1.165) is 18.4 Å². The molecule has 0 spiro atoms. The van der Waals surface area contributed by atoms with Gasteiger partial charge in [0.25, 0.3) is 0 Å². The number of hydrogen-bond acceptors (Lipinski definition) is 4. The summed E-state index contributed by atoms with van der Waals surface area (Å²) in [7, 11) is -3.63. The number of amides is 1. The number of nitrogens with one attached hydrogen (secondary N) is 1. The zero-order valence-electron chi connectivity index (χ0n) is 20.3. The Morgan fingerprint density at radius 1 is 1.14 bits per heavy atom. The summed E-state index contributed by atoms with van der Waals surface area (Å²) < 4.78 is 25.9. The third-order valence-electron chi connectivity index (χ3n) is 8.09. The highest BCUT2D eigenvalue weighted by Crippen LogP contribution is 2.55. The lowest BCUT2D eigenvalue weighted by Gasteiger charge is -2.46. The van der Waals surface area contributed by atoms with Gasteiger partial charge in [-0.05, 0) is 73.4 Å². The quantitative estimate of drug-likeness (QED) is 0.423. The number of hydrogen-bond donors (Lipinski definition) is 2. The Morgan fingerprint density at radius 3 is 2.33 bits per heavy atom. The van der Waals surface area contributed by atoms with Crippen LogP contribution in [0.5, 0.6) is 0 Å². The van der Waals surface area contributed by atoms with Crippen LogP contribution in [0.2, 0.25) is 10.0 Å². The molecule has 1 saturated carbocycles. The number of benzene rings is 2. The van der Waals surface area contributed by atoms with Gasteiger partial charge in [0, 0.05) is 28.3 Å². The molecule has 6 nitrogen and oxygen atoms in total. The van der Waals surface area contributed by atoms with Crippen LogP contribution in [0.4, 0.5) is 0 Å². The molecular formula is C27H31Cl2NO5S. The van der Waals surface area contributed by atoms with Gasteiger partial charge in [0.05, 0.1) is 11.8 Å². The van der Waals surface area contributed by atoms with E-state index in [9.17, 15) is 23.1 Å². The van der Waals surface area contributed by atoms with Gasteiger partial charge in [-0.3, -0.25) is 9.59 Å². The van der Waals surface area contributed by atoms with Gasteiger partial charge < -0.3 is 10.4 Å². The summed E-state index contributed by atoms with van der Waals surface area (Å²) in [6, 6.07) is 13.7. The van der Waals surface area contributed by atoms with Gasteiger partial charge in [-0.25, -0.2) is 8.42 Å². The van der Waals surface area contributed by atoms with Crippen molar-refractivity contribution in [2.24, 2.45) is 11.3 Å². The number of carboxylic acids is 1. The summed E-state index contributed by atoms with van der Waals surface area (Å²) in [6.45, 7) is 1.82. The maximum absolute atomic E-state index is 13.6. The second kappa shape index (κ2) is 9.99. The van der Waals surface area contributed by atoms with Crippen molar-refractivity contribution in [2.45, 2.75) is 62.2 Å². The van der Waals surface area contributed by atoms with Crippen molar-refractivity contribution >= 4 is 44.9 Å². The molecule has 2 aliphatic rings. The van der Waals surface area contributed by atoms with Gasteiger partial charge in [-0.2, -0.15) is 0 Å². The molecule has 194 valence electrons. The highest BCUT2D eigenvalue weighted by Gasteiger charge is 2.57. The van der Waals surface area contributed by atoms with Crippen LogP contribution >= 0.6 is 23.2 Å². The molecule has 0 bridgehead atoms. The van der Waals surface area contributed by atoms with Gasteiger partial charge >= 0.3 is 5.97 Å². The Hall–Kier alpha value is -2.09. The molecule has 36 heavy (non-hydrogen) atoms. The monoisotopic (exact) mass is 551 g/mol. The largest absolute Gasteiger partial charge is 0.481 e. The van der Waals surface area contributed by atoms with E-state index >= 15 is 0 Å². The summed E-state index contributed by atoms with van der Waals surface area (Å²) in [4.78, 5) is 25.2. The first kappa shape index (κ1) is 27.0. The Labute approximate surface area is 222 Å². The maximum atomic E-state index is 13.6. The normalized spacial score (nSPS) is 26.2. The lowest BCUT2D eigenvalue weighted by atomic mass is 9.65. The molecule has 1 amide bonds. The first-order valence-electron chi connectivity index (χ1n) is 12.2. The van der Waals surface area contributed by atoms with Gasteiger partial charge in [-0.1, -0.05) is 54.4 Å². The van der Waals surface area contributed by atoms with Crippen LogP contribution in [0.25, 0.3) is 0 Å². The van der Waals surface area contributed by atoms with Crippen LogP contribution in [0, 0.1) is 11.3 Å². The van der Waals surface area contributed by atoms with E-state index in [4.69, 9.17) is 23.2 Å². The number of aliphatic carboxylic acids is 1. The fourth-order valence-corrected chi connectivity index (χ4v) is 8.24. The van der Waals surface area contributed by atoms with Gasteiger partial charge in [-0.15, -0.1) is 0 Å². The molecule has 1 aliphatic heterocycles. The van der Waals surface area contributed by atoms with Gasteiger partial charge in [0.1, 0.15) is 4.75 Å². The van der Waals surface area contributed by atoms with Crippen molar-refractivity contribution in [3.63, 3.8) is 0 Å². The minimum atomic E-state index is -3.63. The summed E-state index contributed by atoms with van der Waals surface area (Å²) in [5.41, 5.74) is 0.419. The van der Waals surface area contributed by atoms with Crippen LogP contribution in [-0.4, -0.2) is 37.7 Å². The summed E-state index contributed by atoms with van der Waals surface area (Å²) >= 11 is 12.4. The van der Waals surface area contributed by atoms with Crippen LogP contribution < -0.4 is 5.32 Å². The lowest BCUT2D eigenvalue weighted by Crippen LogP contribution is -2.57. The van der Waals surface area contributed by atoms with Crippen LogP contribution in [0.1, 0.15) is 62.5 Å². The molecule has 4 rings (SSSR count). The molecule has 1 heterocycles. The van der Waals surface area contributed by atoms with E-state index in [1.54, 1.807) is 30.3 Å². The average molecular weight is 553 g/mol. The zero-order valence-corrected chi connectivity index (χ0v) is 22.7. The van der Waals surface area contributed by atoms with E-state index in [-0.39, 0.29) is 37.0 Å². The number of carbonyl (C=O) groups is 2. The molecule has 2 aromatic carbocycles. The Kier molecular flexibility index (Phi) is 7.48. The molecule has 0 unspecified atom stereocenters. The number of halogens is 2. The second-order valence-corrected chi connectivity index (χ2v) is 13.4. The van der Waals surface area contributed by atoms with E-state index < -0.39 is 32.0 Å².